The highest BCUT2D eigenvalue weighted by Crippen LogP contribution is 2.27. The van der Waals surface area contributed by atoms with Crippen molar-refractivity contribution in [2.75, 3.05) is 13.2 Å². The Morgan fingerprint density at radius 3 is 2.46 bits per heavy atom. The van der Waals surface area contributed by atoms with E-state index in [0.29, 0.717) is 11.1 Å². The first-order valence-electron chi connectivity index (χ1n) is 7.61. The van der Waals surface area contributed by atoms with E-state index >= 15 is 0 Å². The minimum atomic E-state index is -1.54. The van der Waals surface area contributed by atoms with Crippen molar-refractivity contribution in [3.05, 3.63) is 29.3 Å². The van der Waals surface area contributed by atoms with E-state index < -0.39 is 37.3 Å². The van der Waals surface area contributed by atoms with Crippen LogP contribution >= 0.6 is 0 Å². The first-order valence-corrected chi connectivity index (χ1v) is 7.61. The molecule has 1 aromatic carbocycles. The summed E-state index contributed by atoms with van der Waals surface area (Å²) in [5.74, 6) is 0.118. The lowest BCUT2D eigenvalue weighted by molar-refractivity contribution is -0.277. The normalized spacial score (nSPS) is 30.2. The molecule has 5 atom stereocenters. The Balaban J connectivity index is 2.24. The van der Waals surface area contributed by atoms with Gasteiger partial charge in [0.05, 0.1) is 6.61 Å². The summed E-state index contributed by atoms with van der Waals surface area (Å²) >= 11 is 0. The van der Waals surface area contributed by atoms with E-state index in [2.05, 4.69) is 0 Å². The fourth-order valence-corrected chi connectivity index (χ4v) is 2.52. The first kappa shape index (κ1) is 18.8. The average molecular weight is 342 g/mol. The highest BCUT2D eigenvalue weighted by molar-refractivity contribution is 5.94. The molecule has 8 heteroatoms. The lowest BCUT2D eigenvalue weighted by Gasteiger charge is -2.39. The molecule has 0 aromatic heterocycles. The number of Topliss-reactive ketones (excluding diaryl/α,β-unsaturated/α-hetero) is 1. The minimum Gasteiger partial charge on any atom is -0.462 e. The van der Waals surface area contributed by atoms with Crippen LogP contribution in [0.2, 0.25) is 0 Å². The third kappa shape index (κ3) is 3.92. The molecule has 134 valence electrons. The second-order valence-corrected chi connectivity index (χ2v) is 5.67. The SMILES string of the molecule is CC(=O)c1ccc(O[C@H]2O[C@H](CO)[C@@H](O)[C@H](O)[C@H]2O)c(CCO)c1. The summed E-state index contributed by atoms with van der Waals surface area (Å²) < 4.78 is 10.8. The Hall–Kier alpha value is -1.55. The third-order valence-corrected chi connectivity index (χ3v) is 3.94. The molecular weight excluding hydrogens is 320 g/mol. The van der Waals surface area contributed by atoms with Crippen molar-refractivity contribution in [2.45, 2.75) is 44.1 Å². The lowest BCUT2D eigenvalue weighted by Crippen LogP contribution is -2.60. The largest absolute Gasteiger partial charge is 0.462 e. The van der Waals surface area contributed by atoms with E-state index in [1.54, 1.807) is 6.07 Å². The van der Waals surface area contributed by atoms with Crippen molar-refractivity contribution >= 4 is 5.78 Å². The van der Waals surface area contributed by atoms with Gasteiger partial charge >= 0.3 is 0 Å². The number of aliphatic hydroxyl groups is 5. The molecule has 1 saturated heterocycles. The van der Waals surface area contributed by atoms with Gasteiger partial charge in [-0.05, 0) is 37.1 Å². The Labute approximate surface area is 138 Å². The van der Waals surface area contributed by atoms with Gasteiger partial charge < -0.3 is 35.0 Å². The average Bonchev–Trinajstić information content (AvgIpc) is 2.56. The predicted molar refractivity (Wildman–Crippen MR) is 81.6 cm³/mol. The third-order valence-electron chi connectivity index (χ3n) is 3.94. The summed E-state index contributed by atoms with van der Waals surface area (Å²) in [5, 5.41) is 47.9. The summed E-state index contributed by atoms with van der Waals surface area (Å²) in [6.45, 7) is 0.681. The van der Waals surface area contributed by atoms with Gasteiger partial charge in [-0.25, -0.2) is 0 Å². The molecule has 0 saturated carbocycles. The summed E-state index contributed by atoms with van der Waals surface area (Å²) in [7, 11) is 0. The second kappa shape index (κ2) is 8.02. The van der Waals surface area contributed by atoms with Gasteiger partial charge in [0.15, 0.2) is 5.78 Å². The zero-order chi connectivity index (χ0) is 17.9. The zero-order valence-electron chi connectivity index (χ0n) is 13.2. The lowest BCUT2D eigenvalue weighted by atomic mass is 9.99. The molecule has 1 heterocycles. The number of carbonyl (C=O) groups excluding carboxylic acids is 1. The Bertz CT molecular complexity index is 573. The standard InChI is InChI=1S/C16H22O8/c1-8(19)9-2-3-11(10(6-9)4-5-17)23-16-15(22)14(21)13(20)12(7-18)24-16/h2-3,6,12-18,20-22H,4-5,7H2,1H3/t12-,13-,14+,15-,16+/m1/s1. The predicted octanol–water partition coefficient (Wildman–Crippen LogP) is -1.40. The molecule has 0 aliphatic carbocycles. The van der Waals surface area contributed by atoms with Crippen LogP contribution < -0.4 is 4.74 Å². The smallest absolute Gasteiger partial charge is 0.229 e. The van der Waals surface area contributed by atoms with Gasteiger partial charge in [-0.3, -0.25) is 4.79 Å². The van der Waals surface area contributed by atoms with Crippen LogP contribution in [-0.4, -0.2) is 75.2 Å². The molecule has 1 fully saturated rings. The van der Waals surface area contributed by atoms with Gasteiger partial charge in [-0.2, -0.15) is 0 Å². The number of ether oxygens (including phenoxy) is 2. The fourth-order valence-electron chi connectivity index (χ4n) is 2.52. The molecule has 2 rings (SSSR count). The van der Waals surface area contributed by atoms with Crippen LogP contribution in [0.25, 0.3) is 0 Å². The zero-order valence-corrected chi connectivity index (χ0v) is 13.2. The van der Waals surface area contributed by atoms with E-state index in [0.717, 1.165) is 0 Å². The van der Waals surface area contributed by atoms with Crippen molar-refractivity contribution in [1.29, 1.82) is 0 Å². The monoisotopic (exact) mass is 342 g/mol. The highest BCUT2D eigenvalue weighted by atomic mass is 16.7. The number of benzene rings is 1. The van der Waals surface area contributed by atoms with Crippen molar-refractivity contribution in [1.82, 2.24) is 0 Å². The number of rotatable bonds is 6. The topological polar surface area (TPSA) is 137 Å². The van der Waals surface area contributed by atoms with E-state index in [-0.39, 0.29) is 24.6 Å². The van der Waals surface area contributed by atoms with E-state index in [1.165, 1.54) is 19.1 Å². The van der Waals surface area contributed by atoms with Crippen molar-refractivity contribution in [2.24, 2.45) is 0 Å². The fraction of sp³-hybridized carbons (Fsp3) is 0.562. The van der Waals surface area contributed by atoms with Crippen LogP contribution in [-0.2, 0) is 11.2 Å². The van der Waals surface area contributed by atoms with Crippen LogP contribution in [0.3, 0.4) is 0 Å². The molecule has 0 bridgehead atoms. The number of ketones is 1. The molecular formula is C16H22O8. The Kier molecular flexibility index (Phi) is 6.27. The van der Waals surface area contributed by atoms with Gasteiger partial charge in [0.1, 0.15) is 30.2 Å². The van der Waals surface area contributed by atoms with E-state index in [9.17, 15) is 25.2 Å². The van der Waals surface area contributed by atoms with E-state index in [1.807, 2.05) is 0 Å². The molecule has 24 heavy (non-hydrogen) atoms. The second-order valence-electron chi connectivity index (χ2n) is 5.67. The van der Waals surface area contributed by atoms with Crippen LogP contribution in [0, 0.1) is 0 Å². The Morgan fingerprint density at radius 2 is 1.88 bits per heavy atom. The molecule has 0 radical (unpaired) electrons. The summed E-state index contributed by atoms with van der Waals surface area (Å²) in [4.78, 5) is 11.5. The number of hydrogen-bond acceptors (Lipinski definition) is 8. The van der Waals surface area contributed by atoms with E-state index in [4.69, 9.17) is 14.6 Å². The highest BCUT2D eigenvalue weighted by Gasteiger charge is 2.44. The maximum Gasteiger partial charge on any atom is 0.229 e. The Morgan fingerprint density at radius 1 is 1.17 bits per heavy atom. The van der Waals surface area contributed by atoms with Gasteiger partial charge in [0.2, 0.25) is 6.29 Å². The van der Waals surface area contributed by atoms with Crippen LogP contribution in [0.15, 0.2) is 18.2 Å². The van der Waals surface area contributed by atoms with Crippen LogP contribution in [0.1, 0.15) is 22.8 Å². The molecule has 1 aliphatic heterocycles. The number of carbonyl (C=O) groups is 1. The van der Waals surface area contributed by atoms with Gasteiger partial charge in [-0.1, -0.05) is 0 Å². The van der Waals surface area contributed by atoms with Gasteiger partial charge in [0, 0.05) is 12.2 Å². The molecule has 0 amide bonds. The summed E-state index contributed by atoms with van der Waals surface area (Å²) in [6, 6.07) is 4.60. The molecule has 5 N–H and O–H groups in total. The number of hydrogen-bond donors (Lipinski definition) is 5. The van der Waals surface area contributed by atoms with Crippen molar-refractivity contribution in [3.63, 3.8) is 0 Å². The van der Waals surface area contributed by atoms with Gasteiger partial charge in [-0.15, -0.1) is 0 Å². The van der Waals surface area contributed by atoms with Gasteiger partial charge in [0.25, 0.3) is 0 Å². The minimum absolute atomic E-state index is 0.145. The quantitative estimate of drug-likeness (QED) is 0.398. The molecule has 1 aliphatic rings. The van der Waals surface area contributed by atoms with Crippen molar-refractivity contribution in [3.8, 4) is 5.75 Å². The maximum atomic E-state index is 11.5. The molecule has 1 aromatic rings. The van der Waals surface area contributed by atoms with Crippen LogP contribution in [0.5, 0.6) is 5.75 Å². The maximum absolute atomic E-state index is 11.5. The van der Waals surface area contributed by atoms with Crippen molar-refractivity contribution < 1.29 is 39.8 Å². The summed E-state index contributed by atoms with van der Waals surface area (Å²) in [5.41, 5.74) is 0.974. The molecule has 0 spiro atoms. The first-order chi connectivity index (χ1) is 11.4. The number of aliphatic hydroxyl groups excluding tert-OH is 5. The molecule has 8 nitrogen and oxygen atoms in total. The summed E-state index contributed by atoms with van der Waals surface area (Å²) in [6.07, 6.45) is -6.72. The molecule has 0 unspecified atom stereocenters. The van der Waals surface area contributed by atoms with Crippen LogP contribution in [0.4, 0.5) is 0 Å².